The van der Waals surface area contributed by atoms with Gasteiger partial charge < -0.3 is 4.90 Å². The number of hydrogen-bond donors (Lipinski definition) is 0. The van der Waals surface area contributed by atoms with Gasteiger partial charge in [-0.05, 0) is 30.4 Å². The molecule has 112 valence electrons. The summed E-state index contributed by atoms with van der Waals surface area (Å²) >= 11 is 6.01. The minimum Gasteiger partial charge on any atom is -0.341 e. The zero-order valence-corrected chi connectivity index (χ0v) is 12.7. The van der Waals surface area contributed by atoms with Crippen LogP contribution in [0.5, 0.6) is 0 Å². The van der Waals surface area contributed by atoms with Gasteiger partial charge in [0.2, 0.25) is 11.2 Å². The highest BCUT2D eigenvalue weighted by molar-refractivity contribution is 6.28. The average Bonchev–Trinajstić information content (AvgIpc) is 3.02. The second-order valence-corrected chi connectivity index (χ2v) is 5.60. The van der Waals surface area contributed by atoms with Crippen molar-refractivity contribution in [2.45, 2.75) is 32.6 Å². The number of rotatable bonds is 4. The Morgan fingerprint density at radius 2 is 1.95 bits per heavy atom. The van der Waals surface area contributed by atoms with Crippen molar-refractivity contribution >= 4 is 17.5 Å². The molecule has 0 aliphatic carbocycles. The van der Waals surface area contributed by atoms with Crippen LogP contribution < -0.4 is 4.90 Å². The minimum absolute atomic E-state index is 0.182. The summed E-state index contributed by atoms with van der Waals surface area (Å²) in [6, 6.07) is 0. The number of halogens is 1. The monoisotopic (exact) mass is 307 g/mol. The van der Waals surface area contributed by atoms with E-state index in [-0.39, 0.29) is 5.28 Å². The van der Waals surface area contributed by atoms with Gasteiger partial charge in [-0.2, -0.15) is 24.7 Å². The number of anilines is 1. The highest BCUT2D eigenvalue weighted by Gasteiger charge is 2.21. The molecule has 1 fully saturated rings. The standard InChI is InChI=1S/C13H18ClN7/c1-2-3-10-4-6-20(7-5-10)12-17-11(14)18-13(19-12)21-9-15-8-16-21/h8-10H,2-7H2,1H3. The van der Waals surface area contributed by atoms with Crippen molar-refractivity contribution in [2.75, 3.05) is 18.0 Å². The Balaban J connectivity index is 1.77. The van der Waals surface area contributed by atoms with Crippen LogP contribution in [0.25, 0.3) is 5.95 Å². The van der Waals surface area contributed by atoms with E-state index in [1.165, 1.54) is 36.7 Å². The maximum absolute atomic E-state index is 6.01. The van der Waals surface area contributed by atoms with E-state index in [0.29, 0.717) is 11.9 Å². The van der Waals surface area contributed by atoms with Crippen LogP contribution in [-0.2, 0) is 0 Å². The SMILES string of the molecule is CCCC1CCN(c2nc(Cl)nc(-n3cncn3)n2)CC1. The van der Waals surface area contributed by atoms with E-state index in [2.05, 4.69) is 36.9 Å². The van der Waals surface area contributed by atoms with Gasteiger partial charge in [-0.25, -0.2) is 4.98 Å². The predicted octanol–water partition coefficient (Wildman–Crippen LogP) is 2.12. The van der Waals surface area contributed by atoms with Crippen molar-refractivity contribution < 1.29 is 0 Å². The zero-order chi connectivity index (χ0) is 14.7. The molecule has 3 rings (SSSR count). The number of nitrogens with zero attached hydrogens (tertiary/aromatic N) is 7. The third-order valence-electron chi connectivity index (χ3n) is 3.80. The van der Waals surface area contributed by atoms with Crippen LogP contribution in [0.15, 0.2) is 12.7 Å². The third kappa shape index (κ3) is 3.29. The van der Waals surface area contributed by atoms with Crippen LogP contribution in [0.3, 0.4) is 0 Å². The Bertz CT molecular complexity index is 578. The molecule has 7 nitrogen and oxygen atoms in total. The second-order valence-electron chi connectivity index (χ2n) is 5.26. The molecule has 0 bridgehead atoms. The lowest BCUT2D eigenvalue weighted by Crippen LogP contribution is -2.35. The Labute approximate surface area is 128 Å². The lowest BCUT2D eigenvalue weighted by atomic mass is 9.93. The van der Waals surface area contributed by atoms with Gasteiger partial charge in [0.1, 0.15) is 12.7 Å². The summed E-state index contributed by atoms with van der Waals surface area (Å²) in [4.78, 5) is 18.9. The third-order valence-corrected chi connectivity index (χ3v) is 3.97. The molecule has 8 heteroatoms. The Kier molecular flexibility index (Phi) is 4.28. The first kappa shape index (κ1) is 14.2. The van der Waals surface area contributed by atoms with Crippen molar-refractivity contribution in [2.24, 2.45) is 5.92 Å². The van der Waals surface area contributed by atoms with E-state index < -0.39 is 0 Å². The van der Waals surface area contributed by atoms with Crippen molar-refractivity contribution in [3.8, 4) is 5.95 Å². The first-order valence-electron chi connectivity index (χ1n) is 7.27. The molecule has 0 aromatic carbocycles. The number of hydrogen-bond acceptors (Lipinski definition) is 6. The van der Waals surface area contributed by atoms with Crippen molar-refractivity contribution in [3.63, 3.8) is 0 Å². The second kappa shape index (κ2) is 6.34. The highest BCUT2D eigenvalue weighted by atomic mass is 35.5. The van der Waals surface area contributed by atoms with Gasteiger partial charge in [-0.3, -0.25) is 0 Å². The largest absolute Gasteiger partial charge is 0.341 e. The summed E-state index contributed by atoms with van der Waals surface area (Å²) in [6.45, 7) is 4.16. The van der Waals surface area contributed by atoms with Crippen LogP contribution in [0, 0.1) is 5.92 Å². The van der Waals surface area contributed by atoms with E-state index in [4.69, 9.17) is 11.6 Å². The summed E-state index contributed by atoms with van der Waals surface area (Å²) in [6.07, 6.45) is 7.89. The first-order valence-corrected chi connectivity index (χ1v) is 7.65. The molecule has 0 N–H and O–H groups in total. The summed E-state index contributed by atoms with van der Waals surface area (Å²) < 4.78 is 1.49. The average molecular weight is 308 g/mol. The molecule has 1 saturated heterocycles. The lowest BCUT2D eigenvalue weighted by Gasteiger charge is -2.31. The van der Waals surface area contributed by atoms with Crippen LogP contribution in [0.4, 0.5) is 5.95 Å². The molecule has 2 aromatic rings. The quantitative estimate of drug-likeness (QED) is 0.861. The van der Waals surface area contributed by atoms with Gasteiger partial charge >= 0.3 is 0 Å². The van der Waals surface area contributed by atoms with Gasteiger partial charge in [0.15, 0.2) is 0 Å². The maximum Gasteiger partial charge on any atom is 0.258 e. The van der Waals surface area contributed by atoms with Crippen molar-refractivity contribution in [1.82, 2.24) is 29.7 Å². The lowest BCUT2D eigenvalue weighted by molar-refractivity contribution is 0.375. The summed E-state index contributed by atoms with van der Waals surface area (Å²) in [5, 5.41) is 4.21. The van der Waals surface area contributed by atoms with Gasteiger partial charge in [-0.15, -0.1) is 0 Å². The van der Waals surface area contributed by atoms with Gasteiger partial charge in [0.25, 0.3) is 5.95 Å². The summed E-state index contributed by atoms with van der Waals surface area (Å²) in [5.74, 6) is 1.84. The van der Waals surface area contributed by atoms with Crippen molar-refractivity contribution in [3.05, 3.63) is 17.9 Å². The Morgan fingerprint density at radius 3 is 2.62 bits per heavy atom. The van der Waals surface area contributed by atoms with Crippen LogP contribution >= 0.6 is 11.6 Å². The first-order chi connectivity index (χ1) is 10.3. The number of piperidine rings is 1. The van der Waals surface area contributed by atoms with E-state index in [1.54, 1.807) is 6.33 Å². The fourth-order valence-electron chi connectivity index (χ4n) is 2.71. The molecular formula is C13H18ClN7. The molecule has 0 unspecified atom stereocenters. The van der Waals surface area contributed by atoms with Gasteiger partial charge in [0.05, 0.1) is 0 Å². The van der Waals surface area contributed by atoms with Crippen LogP contribution in [-0.4, -0.2) is 42.8 Å². The molecule has 21 heavy (non-hydrogen) atoms. The molecule has 0 radical (unpaired) electrons. The Hall–Kier alpha value is -1.76. The van der Waals surface area contributed by atoms with E-state index in [1.807, 2.05) is 0 Å². The molecule has 0 amide bonds. The topological polar surface area (TPSA) is 72.6 Å². The molecule has 1 aliphatic rings. The normalized spacial score (nSPS) is 16.4. The van der Waals surface area contributed by atoms with E-state index in [9.17, 15) is 0 Å². The fraction of sp³-hybridized carbons (Fsp3) is 0.615. The van der Waals surface area contributed by atoms with Gasteiger partial charge in [0, 0.05) is 13.1 Å². The van der Waals surface area contributed by atoms with Crippen LogP contribution in [0.2, 0.25) is 5.28 Å². The summed E-state index contributed by atoms with van der Waals surface area (Å²) in [7, 11) is 0. The maximum atomic E-state index is 6.01. The molecule has 2 aromatic heterocycles. The predicted molar refractivity (Wildman–Crippen MR) is 79.6 cm³/mol. The Morgan fingerprint density at radius 1 is 1.19 bits per heavy atom. The van der Waals surface area contributed by atoms with E-state index in [0.717, 1.165) is 19.0 Å². The highest BCUT2D eigenvalue weighted by Crippen LogP contribution is 2.24. The minimum atomic E-state index is 0.182. The van der Waals surface area contributed by atoms with Crippen molar-refractivity contribution in [1.29, 1.82) is 0 Å². The van der Waals surface area contributed by atoms with Gasteiger partial charge in [-0.1, -0.05) is 19.8 Å². The smallest absolute Gasteiger partial charge is 0.258 e. The zero-order valence-electron chi connectivity index (χ0n) is 12.0. The molecule has 0 atom stereocenters. The molecular weight excluding hydrogens is 290 g/mol. The molecule has 0 saturated carbocycles. The fourth-order valence-corrected chi connectivity index (χ4v) is 2.87. The molecule has 1 aliphatic heterocycles. The number of aromatic nitrogens is 6. The molecule has 3 heterocycles. The van der Waals surface area contributed by atoms with E-state index >= 15 is 0 Å². The molecule has 0 spiro atoms. The van der Waals surface area contributed by atoms with Crippen LogP contribution in [0.1, 0.15) is 32.6 Å². The summed E-state index contributed by atoms with van der Waals surface area (Å²) in [5.41, 5.74) is 0.